The molecule has 144 valence electrons. The second-order valence-electron chi connectivity index (χ2n) is 6.33. The fourth-order valence-electron chi connectivity index (χ4n) is 3.25. The van der Waals surface area contributed by atoms with Crippen LogP contribution in [0, 0.1) is 0 Å². The summed E-state index contributed by atoms with van der Waals surface area (Å²) in [5.74, 6) is -0.0472. The van der Waals surface area contributed by atoms with Gasteiger partial charge in [-0.05, 0) is 25.5 Å². The van der Waals surface area contributed by atoms with E-state index in [-0.39, 0.29) is 11.9 Å². The third-order valence-electron chi connectivity index (χ3n) is 4.63. The average molecular weight is 371 g/mol. The zero-order valence-corrected chi connectivity index (χ0v) is 15.7. The van der Waals surface area contributed by atoms with Crippen molar-refractivity contribution in [3.8, 4) is 0 Å². The van der Waals surface area contributed by atoms with E-state index in [4.69, 9.17) is 4.74 Å². The van der Waals surface area contributed by atoms with Gasteiger partial charge in [0, 0.05) is 32.1 Å². The number of hydrogen-bond acceptors (Lipinski definition) is 4. The minimum absolute atomic E-state index is 0.0472. The Balaban J connectivity index is 1.65. The van der Waals surface area contributed by atoms with Gasteiger partial charge in [-0.1, -0.05) is 18.2 Å². The van der Waals surface area contributed by atoms with E-state index in [2.05, 4.69) is 10.4 Å². The van der Waals surface area contributed by atoms with Gasteiger partial charge in [0.15, 0.2) is 0 Å². The second-order valence-corrected chi connectivity index (χ2v) is 6.33. The number of anilines is 2. The minimum Gasteiger partial charge on any atom is -0.383 e. The maximum atomic E-state index is 12.9. The first-order valence-electron chi connectivity index (χ1n) is 9.09. The van der Waals surface area contributed by atoms with E-state index in [1.165, 1.54) is 0 Å². The van der Waals surface area contributed by atoms with Gasteiger partial charge in [0.2, 0.25) is 5.91 Å². The molecule has 1 unspecified atom stereocenters. The van der Waals surface area contributed by atoms with Gasteiger partial charge in [0.25, 0.3) is 0 Å². The Labute approximate surface area is 158 Å². The molecule has 2 heterocycles. The van der Waals surface area contributed by atoms with Crippen LogP contribution in [0.4, 0.5) is 16.2 Å². The molecule has 0 bridgehead atoms. The molecule has 8 heteroatoms. The number of methoxy groups -OCH3 is 1. The van der Waals surface area contributed by atoms with Gasteiger partial charge in [0.1, 0.15) is 6.04 Å². The third kappa shape index (κ3) is 4.28. The van der Waals surface area contributed by atoms with E-state index in [0.717, 1.165) is 5.69 Å². The molecule has 1 aromatic carbocycles. The zero-order chi connectivity index (χ0) is 19.2. The Morgan fingerprint density at radius 3 is 2.85 bits per heavy atom. The van der Waals surface area contributed by atoms with E-state index in [1.54, 1.807) is 34.0 Å². The van der Waals surface area contributed by atoms with Crippen molar-refractivity contribution in [3.63, 3.8) is 0 Å². The average Bonchev–Trinajstić information content (AvgIpc) is 3.28. The quantitative estimate of drug-likeness (QED) is 0.809. The molecule has 0 radical (unpaired) electrons. The first kappa shape index (κ1) is 18.9. The van der Waals surface area contributed by atoms with Crippen LogP contribution in [0.25, 0.3) is 0 Å². The molecule has 2 aromatic rings. The van der Waals surface area contributed by atoms with Crippen LogP contribution in [0.15, 0.2) is 42.7 Å². The number of carbonyl (C=O) groups excluding carboxylic acids is 2. The van der Waals surface area contributed by atoms with Gasteiger partial charge in [-0.3, -0.25) is 9.48 Å². The van der Waals surface area contributed by atoms with Crippen LogP contribution < -0.4 is 10.2 Å². The number of hydrogen-bond donors (Lipinski definition) is 1. The second kappa shape index (κ2) is 8.68. The fourth-order valence-corrected chi connectivity index (χ4v) is 3.25. The van der Waals surface area contributed by atoms with E-state index < -0.39 is 6.04 Å². The molecule has 1 aliphatic rings. The lowest BCUT2D eigenvalue weighted by molar-refractivity contribution is -0.120. The predicted molar refractivity (Wildman–Crippen MR) is 103 cm³/mol. The van der Waals surface area contributed by atoms with Crippen molar-refractivity contribution in [2.45, 2.75) is 25.9 Å². The Morgan fingerprint density at radius 2 is 2.15 bits per heavy atom. The number of para-hydroxylation sites is 1. The molecule has 0 saturated carbocycles. The normalized spacial score (nSPS) is 16.6. The number of nitrogens with zero attached hydrogens (tertiary/aromatic N) is 4. The summed E-state index contributed by atoms with van der Waals surface area (Å²) in [5, 5.41) is 7.02. The van der Waals surface area contributed by atoms with Crippen LogP contribution in [-0.4, -0.2) is 59.5 Å². The highest BCUT2D eigenvalue weighted by molar-refractivity contribution is 6.02. The number of nitrogens with one attached hydrogen (secondary N) is 1. The molecule has 1 N–H and O–H groups in total. The van der Waals surface area contributed by atoms with Gasteiger partial charge in [0.05, 0.1) is 25.0 Å². The number of amides is 3. The standard InChI is InChI=1S/C19H25N5O3/c1-3-23(19(26)21-15-13-20-22(14-15)11-12-27-2)17-9-10-24(18(17)25)16-7-5-4-6-8-16/h4-8,13-14,17H,3,9-12H2,1-2H3,(H,21,26). The molecule has 1 saturated heterocycles. The lowest BCUT2D eigenvalue weighted by atomic mass is 10.2. The van der Waals surface area contributed by atoms with Crippen LogP contribution in [0.3, 0.4) is 0 Å². The van der Waals surface area contributed by atoms with Crippen LogP contribution in [0.1, 0.15) is 13.3 Å². The highest BCUT2D eigenvalue weighted by atomic mass is 16.5. The summed E-state index contributed by atoms with van der Waals surface area (Å²) in [6.45, 7) is 4.08. The summed E-state index contributed by atoms with van der Waals surface area (Å²) < 4.78 is 6.72. The molecule has 1 aromatic heterocycles. The monoisotopic (exact) mass is 371 g/mol. The van der Waals surface area contributed by atoms with Gasteiger partial charge in [-0.2, -0.15) is 5.10 Å². The van der Waals surface area contributed by atoms with Gasteiger partial charge >= 0.3 is 6.03 Å². The maximum Gasteiger partial charge on any atom is 0.322 e. The molecule has 1 fully saturated rings. The summed E-state index contributed by atoms with van der Waals surface area (Å²) in [7, 11) is 1.63. The third-order valence-corrected chi connectivity index (χ3v) is 4.63. The van der Waals surface area contributed by atoms with Crippen LogP contribution >= 0.6 is 0 Å². The molecule has 1 aliphatic heterocycles. The van der Waals surface area contributed by atoms with Crippen molar-refractivity contribution in [3.05, 3.63) is 42.7 Å². The van der Waals surface area contributed by atoms with E-state index in [1.807, 2.05) is 37.3 Å². The van der Waals surface area contributed by atoms with E-state index >= 15 is 0 Å². The largest absolute Gasteiger partial charge is 0.383 e. The smallest absolute Gasteiger partial charge is 0.322 e. The maximum absolute atomic E-state index is 12.9. The van der Waals surface area contributed by atoms with E-state index in [9.17, 15) is 9.59 Å². The Kier molecular flexibility index (Phi) is 6.08. The fraction of sp³-hybridized carbons (Fsp3) is 0.421. The summed E-state index contributed by atoms with van der Waals surface area (Å²) in [6.07, 6.45) is 3.95. The molecule has 0 spiro atoms. The number of carbonyl (C=O) groups is 2. The van der Waals surface area contributed by atoms with Gasteiger partial charge in [-0.25, -0.2) is 4.79 Å². The van der Waals surface area contributed by atoms with Crippen LogP contribution in [0.5, 0.6) is 0 Å². The lowest BCUT2D eigenvalue weighted by Gasteiger charge is -2.26. The Morgan fingerprint density at radius 1 is 1.37 bits per heavy atom. The zero-order valence-electron chi connectivity index (χ0n) is 15.7. The van der Waals surface area contributed by atoms with Gasteiger partial charge < -0.3 is 19.9 Å². The summed E-state index contributed by atoms with van der Waals surface area (Å²) in [6, 6.07) is 8.79. The number of aromatic nitrogens is 2. The summed E-state index contributed by atoms with van der Waals surface area (Å²) in [4.78, 5) is 28.9. The number of benzene rings is 1. The molecular formula is C19H25N5O3. The van der Waals surface area contributed by atoms with Crippen molar-refractivity contribution >= 4 is 23.3 Å². The first-order valence-corrected chi connectivity index (χ1v) is 9.09. The molecular weight excluding hydrogens is 346 g/mol. The number of urea groups is 1. The predicted octanol–water partition coefficient (Wildman–Crippen LogP) is 2.19. The van der Waals surface area contributed by atoms with Crippen LogP contribution in [-0.2, 0) is 16.1 Å². The Bertz CT molecular complexity index is 777. The number of rotatable bonds is 7. The molecule has 3 rings (SSSR count). The number of likely N-dealkylation sites (N-methyl/N-ethyl adjacent to an activating group) is 1. The molecule has 8 nitrogen and oxygen atoms in total. The highest BCUT2D eigenvalue weighted by Gasteiger charge is 2.38. The van der Waals surface area contributed by atoms with Crippen molar-refractivity contribution in [2.24, 2.45) is 0 Å². The molecule has 1 atom stereocenters. The van der Waals surface area contributed by atoms with Gasteiger partial charge in [-0.15, -0.1) is 0 Å². The first-order chi connectivity index (χ1) is 13.1. The van der Waals surface area contributed by atoms with Crippen molar-refractivity contribution in [2.75, 3.05) is 37.0 Å². The molecule has 3 amide bonds. The SMILES string of the molecule is CCN(C(=O)Nc1cnn(CCOC)c1)C1CCN(c2ccccc2)C1=O. The van der Waals surface area contributed by atoms with Crippen molar-refractivity contribution < 1.29 is 14.3 Å². The highest BCUT2D eigenvalue weighted by Crippen LogP contribution is 2.24. The van der Waals surface area contributed by atoms with Crippen LogP contribution in [0.2, 0.25) is 0 Å². The minimum atomic E-state index is -0.459. The molecule has 0 aliphatic carbocycles. The van der Waals surface area contributed by atoms with E-state index in [0.29, 0.717) is 38.3 Å². The summed E-state index contributed by atoms with van der Waals surface area (Å²) in [5.41, 5.74) is 1.46. The lowest BCUT2D eigenvalue weighted by Crippen LogP contribution is -2.47. The number of ether oxygens (including phenoxy) is 1. The summed E-state index contributed by atoms with van der Waals surface area (Å²) >= 11 is 0. The topological polar surface area (TPSA) is 79.7 Å². The van der Waals surface area contributed by atoms with Crippen molar-refractivity contribution in [1.29, 1.82) is 0 Å². The molecule has 27 heavy (non-hydrogen) atoms. The van der Waals surface area contributed by atoms with Crippen molar-refractivity contribution in [1.82, 2.24) is 14.7 Å². The Hall–Kier alpha value is -2.87.